The number of aromatic nitrogens is 1. The van der Waals surface area contributed by atoms with Crippen LogP contribution in [0, 0.1) is 0 Å². The molecule has 0 saturated heterocycles. The summed E-state index contributed by atoms with van der Waals surface area (Å²) in [5.41, 5.74) is 2.56. The Bertz CT molecular complexity index is 303. The van der Waals surface area contributed by atoms with Gasteiger partial charge in [-0.2, -0.15) is 0 Å². The summed E-state index contributed by atoms with van der Waals surface area (Å²) in [6.07, 6.45) is 0.621. The van der Waals surface area contributed by atoms with Gasteiger partial charge in [-0.1, -0.05) is 6.92 Å². The van der Waals surface area contributed by atoms with Crippen molar-refractivity contribution in [2.45, 2.75) is 13.3 Å². The SMILES string of the molecule is CCc1cc(C(=O)O)cc(NO)n1. The molecule has 0 spiro atoms. The number of carbonyl (C=O) groups is 1. The van der Waals surface area contributed by atoms with Gasteiger partial charge in [0.15, 0.2) is 5.82 Å². The van der Waals surface area contributed by atoms with Gasteiger partial charge in [0.1, 0.15) is 0 Å². The van der Waals surface area contributed by atoms with Gasteiger partial charge in [0.05, 0.1) is 5.56 Å². The van der Waals surface area contributed by atoms with Gasteiger partial charge in [0, 0.05) is 5.69 Å². The fourth-order valence-corrected chi connectivity index (χ4v) is 0.950. The van der Waals surface area contributed by atoms with E-state index < -0.39 is 5.97 Å². The van der Waals surface area contributed by atoms with Crippen LogP contribution in [0.5, 0.6) is 0 Å². The van der Waals surface area contributed by atoms with Crippen molar-refractivity contribution in [2.75, 3.05) is 5.48 Å². The maximum Gasteiger partial charge on any atom is 0.335 e. The van der Waals surface area contributed by atoms with Gasteiger partial charge in [-0.25, -0.2) is 9.78 Å². The molecule has 0 aliphatic carbocycles. The molecule has 0 unspecified atom stereocenters. The van der Waals surface area contributed by atoms with Crippen molar-refractivity contribution in [3.05, 3.63) is 23.4 Å². The average Bonchev–Trinajstić information content (AvgIpc) is 2.16. The van der Waals surface area contributed by atoms with Gasteiger partial charge < -0.3 is 5.11 Å². The van der Waals surface area contributed by atoms with Crippen molar-refractivity contribution in [3.8, 4) is 0 Å². The van der Waals surface area contributed by atoms with Crippen LogP contribution < -0.4 is 5.48 Å². The van der Waals surface area contributed by atoms with Gasteiger partial charge in [-0.3, -0.25) is 10.7 Å². The summed E-state index contributed by atoms with van der Waals surface area (Å²) < 4.78 is 0. The van der Waals surface area contributed by atoms with Gasteiger partial charge >= 0.3 is 5.97 Å². The highest BCUT2D eigenvalue weighted by Gasteiger charge is 2.06. The van der Waals surface area contributed by atoms with Crippen LogP contribution in [0.25, 0.3) is 0 Å². The van der Waals surface area contributed by atoms with Crippen molar-refractivity contribution in [3.63, 3.8) is 0 Å². The van der Waals surface area contributed by atoms with E-state index in [1.54, 1.807) is 0 Å². The Hall–Kier alpha value is -1.62. The second kappa shape index (κ2) is 3.86. The van der Waals surface area contributed by atoms with Crippen molar-refractivity contribution in [1.29, 1.82) is 0 Å². The molecule has 0 radical (unpaired) electrons. The van der Waals surface area contributed by atoms with Gasteiger partial charge in [0.25, 0.3) is 0 Å². The molecule has 5 nitrogen and oxygen atoms in total. The van der Waals surface area contributed by atoms with Crippen LogP contribution in [-0.2, 0) is 6.42 Å². The number of hydrogen-bond acceptors (Lipinski definition) is 4. The monoisotopic (exact) mass is 182 g/mol. The summed E-state index contributed by atoms with van der Waals surface area (Å²) >= 11 is 0. The number of carboxylic acids is 1. The van der Waals surface area contributed by atoms with E-state index in [0.717, 1.165) is 0 Å². The predicted molar refractivity (Wildman–Crippen MR) is 46.0 cm³/mol. The number of nitrogens with one attached hydrogen (secondary N) is 1. The summed E-state index contributed by atoms with van der Waals surface area (Å²) in [6, 6.07) is 2.74. The molecule has 0 saturated carbocycles. The second-order valence-corrected chi connectivity index (χ2v) is 2.50. The molecule has 1 rings (SSSR count). The Kier molecular flexibility index (Phi) is 2.81. The maximum absolute atomic E-state index is 10.6. The van der Waals surface area contributed by atoms with Crippen LogP contribution in [0.3, 0.4) is 0 Å². The topological polar surface area (TPSA) is 82.5 Å². The molecule has 0 aliphatic heterocycles. The van der Waals surface area contributed by atoms with Crippen LogP contribution in [0.1, 0.15) is 23.0 Å². The number of anilines is 1. The standard InChI is InChI=1S/C8H10N2O3/c1-2-6-3-5(8(11)12)4-7(9-6)10-13/h3-4,13H,2H2,1H3,(H,9,10)(H,11,12). The molecular weight excluding hydrogens is 172 g/mol. The second-order valence-electron chi connectivity index (χ2n) is 2.50. The molecule has 0 amide bonds. The van der Waals surface area contributed by atoms with E-state index >= 15 is 0 Å². The van der Waals surface area contributed by atoms with Crippen LogP contribution in [0.2, 0.25) is 0 Å². The summed E-state index contributed by atoms with van der Waals surface area (Å²) in [4.78, 5) is 14.5. The quantitative estimate of drug-likeness (QED) is 0.610. The molecule has 0 fully saturated rings. The van der Waals surface area contributed by atoms with Crippen LogP contribution in [0.15, 0.2) is 12.1 Å². The van der Waals surface area contributed by atoms with Crippen LogP contribution in [0.4, 0.5) is 5.82 Å². The lowest BCUT2D eigenvalue weighted by Gasteiger charge is -2.03. The fraction of sp³-hybridized carbons (Fsp3) is 0.250. The molecule has 0 aliphatic rings. The smallest absolute Gasteiger partial charge is 0.335 e. The molecule has 3 N–H and O–H groups in total. The van der Waals surface area contributed by atoms with E-state index in [-0.39, 0.29) is 11.4 Å². The molecular formula is C8H10N2O3. The Morgan fingerprint density at radius 3 is 2.77 bits per heavy atom. The maximum atomic E-state index is 10.6. The number of aryl methyl sites for hydroxylation is 1. The summed E-state index contributed by atoms with van der Waals surface area (Å²) in [5.74, 6) is -0.884. The minimum Gasteiger partial charge on any atom is -0.478 e. The first-order valence-electron chi connectivity index (χ1n) is 3.81. The molecule has 1 aromatic heterocycles. The number of rotatable bonds is 3. The first-order chi connectivity index (χ1) is 6.17. The van der Waals surface area contributed by atoms with E-state index in [1.807, 2.05) is 12.4 Å². The summed E-state index contributed by atoms with van der Waals surface area (Å²) in [6.45, 7) is 1.86. The molecule has 13 heavy (non-hydrogen) atoms. The molecule has 5 heteroatoms. The number of pyridine rings is 1. The van der Waals surface area contributed by atoms with E-state index in [0.29, 0.717) is 12.1 Å². The number of carboxylic acid groups (broad SMARTS) is 1. The minimum atomic E-state index is -1.03. The van der Waals surface area contributed by atoms with Crippen LogP contribution >= 0.6 is 0 Å². The molecule has 70 valence electrons. The zero-order valence-electron chi connectivity index (χ0n) is 7.11. The third-order valence-electron chi connectivity index (χ3n) is 1.60. The lowest BCUT2D eigenvalue weighted by atomic mass is 10.2. The van der Waals surface area contributed by atoms with Crippen molar-refractivity contribution in [2.24, 2.45) is 0 Å². The van der Waals surface area contributed by atoms with E-state index in [9.17, 15) is 4.79 Å². The third kappa shape index (κ3) is 2.16. The molecule has 1 aromatic rings. The zero-order valence-corrected chi connectivity index (χ0v) is 7.11. The normalized spacial score (nSPS) is 9.69. The Morgan fingerprint density at radius 1 is 1.62 bits per heavy atom. The first kappa shape index (κ1) is 9.47. The molecule has 0 atom stereocenters. The third-order valence-corrected chi connectivity index (χ3v) is 1.60. The average molecular weight is 182 g/mol. The van der Waals surface area contributed by atoms with Gasteiger partial charge in [0.2, 0.25) is 0 Å². The lowest BCUT2D eigenvalue weighted by Crippen LogP contribution is -2.03. The van der Waals surface area contributed by atoms with Gasteiger partial charge in [-0.15, -0.1) is 0 Å². The highest BCUT2D eigenvalue weighted by molar-refractivity contribution is 5.88. The predicted octanol–water partition coefficient (Wildman–Crippen LogP) is 1.14. The van der Waals surface area contributed by atoms with Gasteiger partial charge in [-0.05, 0) is 18.6 Å². The van der Waals surface area contributed by atoms with E-state index in [2.05, 4.69) is 4.98 Å². The fourth-order valence-electron chi connectivity index (χ4n) is 0.950. The highest BCUT2D eigenvalue weighted by atomic mass is 16.5. The molecule has 0 bridgehead atoms. The number of hydrogen-bond donors (Lipinski definition) is 3. The Balaban J connectivity index is 3.14. The zero-order chi connectivity index (χ0) is 9.84. The van der Waals surface area contributed by atoms with E-state index in [1.165, 1.54) is 12.1 Å². The number of nitrogens with zero attached hydrogens (tertiary/aromatic N) is 1. The summed E-state index contributed by atoms with van der Waals surface area (Å²) in [5, 5.41) is 17.2. The first-order valence-corrected chi connectivity index (χ1v) is 3.81. The summed E-state index contributed by atoms with van der Waals surface area (Å²) in [7, 11) is 0. The molecule has 1 heterocycles. The van der Waals surface area contributed by atoms with E-state index in [4.69, 9.17) is 10.3 Å². The lowest BCUT2D eigenvalue weighted by molar-refractivity contribution is 0.0696. The van der Waals surface area contributed by atoms with Crippen molar-refractivity contribution < 1.29 is 15.1 Å². The van der Waals surface area contributed by atoms with Crippen molar-refractivity contribution in [1.82, 2.24) is 4.98 Å². The Morgan fingerprint density at radius 2 is 2.31 bits per heavy atom. The van der Waals surface area contributed by atoms with Crippen LogP contribution in [-0.4, -0.2) is 21.3 Å². The molecule has 0 aromatic carbocycles. The highest BCUT2D eigenvalue weighted by Crippen LogP contribution is 2.10. The number of aromatic carboxylic acids is 1. The largest absolute Gasteiger partial charge is 0.478 e. The van der Waals surface area contributed by atoms with Crippen molar-refractivity contribution >= 4 is 11.8 Å². The Labute approximate surface area is 75.0 Å². The minimum absolute atomic E-state index is 0.114.